The van der Waals surface area contributed by atoms with Crippen LogP contribution in [0.3, 0.4) is 0 Å². The molecule has 0 radical (unpaired) electrons. The van der Waals surface area contributed by atoms with E-state index >= 15 is 0 Å². The highest BCUT2D eigenvalue weighted by Gasteiger charge is 2.89. The Morgan fingerprint density at radius 3 is 2.44 bits per heavy atom. The summed E-state index contributed by atoms with van der Waals surface area (Å²) in [5.74, 6) is 0.698. The van der Waals surface area contributed by atoms with Crippen LogP contribution in [0.1, 0.15) is 38.8 Å². The van der Waals surface area contributed by atoms with E-state index < -0.39 is 5.41 Å². The molecule has 2 aromatic rings. The molecule has 138 valence electrons. The van der Waals surface area contributed by atoms with Crippen LogP contribution in [-0.4, -0.2) is 19.7 Å². The minimum absolute atomic E-state index is 0.120. The van der Waals surface area contributed by atoms with Gasteiger partial charge in [0.2, 0.25) is 0 Å². The molecule has 2 saturated carbocycles. The lowest BCUT2D eigenvalue weighted by Crippen LogP contribution is -2.46. The van der Waals surface area contributed by atoms with E-state index in [9.17, 15) is 14.4 Å². The number of Topliss-reactive ketones (excluding diaryl/α,β-unsaturated/α-hetero) is 1. The maximum absolute atomic E-state index is 13.3. The molecule has 1 aromatic heterocycles. The summed E-state index contributed by atoms with van der Waals surface area (Å²) >= 11 is 0. The lowest BCUT2D eigenvalue weighted by Gasteiger charge is -2.42. The van der Waals surface area contributed by atoms with Crippen LogP contribution in [0.4, 0.5) is 0 Å². The average molecular weight is 363 g/mol. The van der Waals surface area contributed by atoms with Crippen LogP contribution >= 0.6 is 0 Å². The van der Waals surface area contributed by atoms with Gasteiger partial charge in [-0.3, -0.25) is 4.79 Å². The lowest BCUT2D eigenvalue weighted by atomic mass is 9.74. The van der Waals surface area contributed by atoms with Crippen molar-refractivity contribution in [2.45, 2.75) is 38.8 Å². The van der Waals surface area contributed by atoms with Gasteiger partial charge in [0.1, 0.15) is 5.78 Å². The number of nitrogens with zero attached hydrogens (tertiary/aromatic N) is 3. The smallest absolute Gasteiger partial charge is 0.299 e. The molecular weight excluding hydrogens is 342 g/mol. The van der Waals surface area contributed by atoms with Gasteiger partial charge in [0.25, 0.3) is 0 Å². The largest absolute Gasteiger partial charge is 0.352 e. The molecule has 2 fully saturated rings. The molecule has 0 saturated heterocycles. The third-order valence-electron chi connectivity index (χ3n) is 8.02. The minimum Gasteiger partial charge on any atom is -0.299 e. The summed E-state index contributed by atoms with van der Waals surface area (Å²) in [6.07, 6.45) is 5.64. The Morgan fingerprint density at radius 1 is 1.04 bits per heavy atom. The van der Waals surface area contributed by atoms with Crippen LogP contribution in [0, 0.1) is 22.7 Å². The number of para-hydroxylation sites is 1. The summed E-state index contributed by atoms with van der Waals surface area (Å²) in [6, 6.07) is 8.63. The summed E-state index contributed by atoms with van der Waals surface area (Å²) in [5.41, 5.74) is -0.659. The van der Waals surface area contributed by atoms with Gasteiger partial charge in [0, 0.05) is 23.2 Å². The Morgan fingerprint density at radius 2 is 1.74 bits per heavy atom. The molecule has 6 nitrogen and oxygen atoms in total. The molecule has 3 unspecified atom stereocenters. The predicted molar refractivity (Wildman–Crippen MR) is 98.9 cm³/mol. The number of benzene rings is 1. The third kappa shape index (κ3) is 1.34. The Labute approximate surface area is 155 Å². The van der Waals surface area contributed by atoms with Crippen LogP contribution in [-0.2, 0) is 4.79 Å². The molecule has 2 bridgehead atoms. The molecule has 0 N–H and O–H groups in total. The topological polar surface area (TPSA) is 66.0 Å². The number of carbonyl (C=O) groups is 1. The zero-order chi connectivity index (χ0) is 18.7. The number of carbonyl (C=O) groups excluding carboxylic acids is 1. The summed E-state index contributed by atoms with van der Waals surface area (Å²) in [5, 5.41) is 0. The number of allylic oxidation sites excluding steroid dienone is 2. The molecule has 2 aliphatic heterocycles. The molecule has 27 heavy (non-hydrogen) atoms. The molecule has 6 heteroatoms. The molecule has 3 heterocycles. The second-order valence-electron chi connectivity index (χ2n) is 8.59. The van der Waals surface area contributed by atoms with Gasteiger partial charge in [-0.15, -0.1) is 0 Å². The summed E-state index contributed by atoms with van der Waals surface area (Å²) < 4.78 is 4.52. The van der Waals surface area contributed by atoms with Crippen LogP contribution in [0.5, 0.6) is 0 Å². The number of hydrogen-bond acceptors (Lipinski definition) is 3. The van der Waals surface area contributed by atoms with Gasteiger partial charge < -0.3 is 0 Å². The molecule has 1 aromatic carbocycles. The first-order chi connectivity index (χ1) is 13.0. The SMILES string of the molecule is CC[C@@H]1CC(=O)[C@]2(C)[C@H]3C4C=CC(n5c(=O)n(-c6ccccc6)c(=O)n54)C132. The van der Waals surface area contributed by atoms with Crippen LogP contribution in [0.15, 0.2) is 52.1 Å². The first kappa shape index (κ1) is 15.4. The van der Waals surface area contributed by atoms with E-state index in [0.29, 0.717) is 17.9 Å². The van der Waals surface area contributed by atoms with Crippen LogP contribution < -0.4 is 11.4 Å². The monoisotopic (exact) mass is 363 g/mol. The number of aromatic nitrogens is 3. The molecule has 3 aliphatic carbocycles. The number of ketones is 1. The van der Waals surface area contributed by atoms with Gasteiger partial charge in [-0.25, -0.2) is 23.5 Å². The minimum atomic E-state index is -0.422. The first-order valence-electron chi connectivity index (χ1n) is 9.72. The Kier molecular flexibility index (Phi) is 2.53. The summed E-state index contributed by atoms with van der Waals surface area (Å²) in [6.45, 7) is 4.20. The quantitative estimate of drug-likeness (QED) is 0.768. The van der Waals surface area contributed by atoms with E-state index in [1.165, 1.54) is 4.57 Å². The normalized spacial score (nSPS) is 40.0. The highest BCUT2D eigenvalue weighted by Crippen LogP contribution is 2.87. The number of hydrogen-bond donors (Lipinski definition) is 0. The maximum Gasteiger partial charge on any atom is 0.352 e. The Balaban J connectivity index is 1.63. The van der Waals surface area contributed by atoms with Crippen molar-refractivity contribution in [1.29, 1.82) is 0 Å². The van der Waals surface area contributed by atoms with Gasteiger partial charge >= 0.3 is 11.4 Å². The maximum atomic E-state index is 13.3. The van der Waals surface area contributed by atoms with Gasteiger partial charge in [-0.2, -0.15) is 0 Å². The van der Waals surface area contributed by atoms with Crippen molar-refractivity contribution in [2.24, 2.45) is 22.7 Å². The first-order valence-corrected chi connectivity index (χ1v) is 9.72. The zero-order valence-corrected chi connectivity index (χ0v) is 15.3. The Hall–Kier alpha value is -2.63. The van der Waals surface area contributed by atoms with Gasteiger partial charge in [0.05, 0.1) is 17.8 Å². The number of rotatable bonds is 2. The third-order valence-corrected chi connectivity index (χ3v) is 8.02. The standard InChI is InChI=1S/C21H21N3O3/c1-3-12-11-16(25)20(2)17-14-9-10-15(21(12,17)20)24-19(27)22(18(26)23(14)24)13-7-5-4-6-8-13/h4-10,12,14-15,17H,3,11H2,1-2H3/t12-,14?,15?,17-,20-,21?/m1/s1. The van der Waals surface area contributed by atoms with Gasteiger partial charge in [-0.1, -0.05) is 50.6 Å². The lowest BCUT2D eigenvalue weighted by molar-refractivity contribution is -0.123. The van der Waals surface area contributed by atoms with Gasteiger partial charge in [0.15, 0.2) is 0 Å². The predicted octanol–water partition coefficient (Wildman–Crippen LogP) is 2.09. The second kappa shape index (κ2) is 4.43. The summed E-state index contributed by atoms with van der Waals surface area (Å²) in [7, 11) is 0. The molecular formula is C21H21N3O3. The van der Waals surface area contributed by atoms with Gasteiger partial charge in [-0.05, 0) is 18.1 Å². The van der Waals surface area contributed by atoms with Crippen molar-refractivity contribution < 1.29 is 4.79 Å². The van der Waals surface area contributed by atoms with Crippen molar-refractivity contribution in [3.8, 4) is 5.69 Å². The highest BCUT2D eigenvalue weighted by molar-refractivity contribution is 5.94. The molecule has 1 spiro atoms. The summed E-state index contributed by atoms with van der Waals surface area (Å²) in [4.78, 5) is 39.5. The van der Waals surface area contributed by atoms with Crippen molar-refractivity contribution >= 4 is 5.78 Å². The molecule has 5 aliphatic rings. The van der Waals surface area contributed by atoms with Crippen molar-refractivity contribution in [1.82, 2.24) is 13.9 Å². The molecule has 7 rings (SSSR count). The fourth-order valence-electron chi connectivity index (χ4n) is 7.04. The average Bonchev–Trinajstić information content (AvgIpc) is 3.10. The molecule has 0 amide bonds. The van der Waals surface area contributed by atoms with E-state index in [1.807, 2.05) is 24.3 Å². The van der Waals surface area contributed by atoms with Crippen LogP contribution in [0.25, 0.3) is 5.69 Å². The van der Waals surface area contributed by atoms with Crippen molar-refractivity contribution in [3.63, 3.8) is 0 Å². The highest BCUT2D eigenvalue weighted by atomic mass is 16.2. The second-order valence-corrected chi connectivity index (χ2v) is 8.59. The Bertz CT molecular complexity index is 1150. The van der Waals surface area contributed by atoms with Crippen LogP contribution in [0.2, 0.25) is 0 Å². The van der Waals surface area contributed by atoms with E-state index in [1.54, 1.807) is 21.5 Å². The van der Waals surface area contributed by atoms with Crippen molar-refractivity contribution in [2.75, 3.05) is 0 Å². The van der Waals surface area contributed by atoms with E-state index in [-0.39, 0.29) is 40.7 Å². The van der Waals surface area contributed by atoms with E-state index in [0.717, 1.165) is 6.42 Å². The fraction of sp³-hybridized carbons (Fsp3) is 0.476. The zero-order valence-electron chi connectivity index (χ0n) is 15.3. The fourth-order valence-corrected chi connectivity index (χ4v) is 7.04. The van der Waals surface area contributed by atoms with Crippen molar-refractivity contribution in [3.05, 3.63) is 63.5 Å². The van der Waals surface area contributed by atoms with E-state index in [2.05, 4.69) is 19.9 Å². The van der Waals surface area contributed by atoms with E-state index in [4.69, 9.17) is 0 Å². The molecule has 6 atom stereocenters.